The first kappa shape index (κ1) is 11.2. The van der Waals surface area contributed by atoms with E-state index in [0.717, 1.165) is 0 Å². The fourth-order valence-electron chi connectivity index (χ4n) is 1.55. The molecule has 0 bridgehead atoms. The fraction of sp³-hybridized carbons (Fsp3) is 0.300. The largest absolute Gasteiger partial charge is 0.493 e. The van der Waals surface area contributed by atoms with Crippen LogP contribution >= 0.6 is 0 Å². The minimum atomic E-state index is 0.528. The first-order valence-corrected chi connectivity index (χ1v) is 4.91. The smallest absolute Gasteiger partial charge is 0.183 e. The van der Waals surface area contributed by atoms with Gasteiger partial charge in [-0.25, -0.2) is 4.68 Å². The van der Waals surface area contributed by atoms with Gasteiger partial charge in [0.05, 0.1) is 14.2 Å². The Bertz CT molecular complexity index is 537. The summed E-state index contributed by atoms with van der Waals surface area (Å²) in [6.07, 6.45) is 0. The second kappa shape index (κ2) is 4.28. The molecular formula is C10H13N5O2. The van der Waals surface area contributed by atoms with Crippen LogP contribution < -0.4 is 15.2 Å². The summed E-state index contributed by atoms with van der Waals surface area (Å²) in [5, 5.41) is 11.2. The summed E-state index contributed by atoms with van der Waals surface area (Å²) in [5.41, 5.74) is 7.17. The maximum absolute atomic E-state index is 5.94. The lowest BCUT2D eigenvalue weighted by Gasteiger charge is -2.11. The molecule has 7 nitrogen and oxygen atoms in total. The molecule has 0 aliphatic rings. The van der Waals surface area contributed by atoms with Gasteiger partial charge in [0.1, 0.15) is 0 Å². The Balaban J connectivity index is 2.59. The molecule has 2 rings (SSSR count). The molecule has 7 heteroatoms. The maximum atomic E-state index is 5.94. The molecule has 0 fully saturated rings. The van der Waals surface area contributed by atoms with E-state index in [0.29, 0.717) is 28.6 Å². The zero-order valence-electron chi connectivity index (χ0n) is 9.84. The zero-order valence-corrected chi connectivity index (χ0v) is 9.84. The van der Waals surface area contributed by atoms with Crippen LogP contribution in [-0.2, 0) is 7.05 Å². The third kappa shape index (κ3) is 1.86. The standard InChI is InChI=1S/C10H13N5O2/c1-15-10(12-13-14-15)6-4-8(16-2)9(17-3)5-7(6)11/h4-5H,11H2,1-3H3. The van der Waals surface area contributed by atoms with Gasteiger partial charge in [0.2, 0.25) is 0 Å². The van der Waals surface area contributed by atoms with Crippen LogP contribution in [0.3, 0.4) is 0 Å². The van der Waals surface area contributed by atoms with Crippen LogP contribution in [0.4, 0.5) is 5.69 Å². The number of nitrogen functional groups attached to an aromatic ring is 1. The van der Waals surface area contributed by atoms with Crippen molar-refractivity contribution < 1.29 is 9.47 Å². The molecule has 0 atom stereocenters. The summed E-state index contributed by atoms with van der Waals surface area (Å²) in [5.74, 6) is 1.73. The van der Waals surface area contributed by atoms with Gasteiger partial charge in [-0.15, -0.1) is 5.10 Å². The van der Waals surface area contributed by atoms with E-state index in [1.807, 2.05) is 0 Å². The minimum absolute atomic E-state index is 0.528. The molecule has 0 spiro atoms. The van der Waals surface area contributed by atoms with Crippen molar-refractivity contribution in [3.63, 3.8) is 0 Å². The predicted molar refractivity (Wildman–Crippen MR) is 61.8 cm³/mol. The zero-order chi connectivity index (χ0) is 12.4. The first-order chi connectivity index (χ1) is 8.17. The summed E-state index contributed by atoms with van der Waals surface area (Å²) in [6.45, 7) is 0. The van der Waals surface area contributed by atoms with Gasteiger partial charge < -0.3 is 15.2 Å². The van der Waals surface area contributed by atoms with Gasteiger partial charge in [-0.3, -0.25) is 0 Å². The highest BCUT2D eigenvalue weighted by molar-refractivity contribution is 5.75. The van der Waals surface area contributed by atoms with E-state index < -0.39 is 0 Å². The minimum Gasteiger partial charge on any atom is -0.493 e. The average molecular weight is 235 g/mol. The van der Waals surface area contributed by atoms with E-state index in [9.17, 15) is 0 Å². The van der Waals surface area contributed by atoms with Crippen LogP contribution in [0.25, 0.3) is 11.4 Å². The molecule has 1 aromatic carbocycles. The third-order valence-electron chi connectivity index (χ3n) is 2.42. The molecule has 0 amide bonds. The van der Waals surface area contributed by atoms with E-state index in [1.165, 1.54) is 4.68 Å². The topological polar surface area (TPSA) is 88.1 Å². The summed E-state index contributed by atoms with van der Waals surface area (Å²) in [6, 6.07) is 3.43. The van der Waals surface area contributed by atoms with Crippen molar-refractivity contribution in [2.24, 2.45) is 7.05 Å². The van der Waals surface area contributed by atoms with Gasteiger partial charge in [-0.2, -0.15) is 0 Å². The summed E-state index contributed by atoms with van der Waals surface area (Å²) < 4.78 is 11.9. The van der Waals surface area contributed by atoms with Crippen LogP contribution in [0.5, 0.6) is 11.5 Å². The second-order valence-electron chi connectivity index (χ2n) is 3.42. The number of ether oxygens (including phenoxy) is 2. The average Bonchev–Trinajstić information content (AvgIpc) is 2.75. The van der Waals surface area contributed by atoms with Crippen molar-refractivity contribution in [2.45, 2.75) is 0 Å². The number of tetrazole rings is 1. The number of methoxy groups -OCH3 is 2. The van der Waals surface area contributed by atoms with Gasteiger partial charge in [0, 0.05) is 24.4 Å². The summed E-state index contributed by atoms with van der Waals surface area (Å²) in [4.78, 5) is 0. The molecule has 0 radical (unpaired) electrons. The van der Waals surface area contributed by atoms with E-state index in [1.54, 1.807) is 33.4 Å². The number of nitrogens with two attached hydrogens (primary N) is 1. The van der Waals surface area contributed by atoms with Gasteiger partial charge in [-0.1, -0.05) is 0 Å². The third-order valence-corrected chi connectivity index (χ3v) is 2.42. The predicted octanol–water partition coefficient (Wildman–Crippen LogP) is 0.476. The van der Waals surface area contributed by atoms with E-state index in [4.69, 9.17) is 15.2 Å². The fourth-order valence-corrected chi connectivity index (χ4v) is 1.55. The quantitative estimate of drug-likeness (QED) is 0.778. The number of aromatic nitrogens is 4. The monoisotopic (exact) mass is 235 g/mol. The lowest BCUT2D eigenvalue weighted by Crippen LogP contribution is -2.00. The highest BCUT2D eigenvalue weighted by atomic mass is 16.5. The van der Waals surface area contributed by atoms with E-state index in [2.05, 4.69) is 15.5 Å². The molecule has 1 aromatic heterocycles. The first-order valence-electron chi connectivity index (χ1n) is 4.91. The van der Waals surface area contributed by atoms with E-state index in [-0.39, 0.29) is 0 Å². The summed E-state index contributed by atoms with van der Waals surface area (Å²) >= 11 is 0. The molecule has 0 saturated carbocycles. The van der Waals surface area contributed by atoms with Crippen molar-refractivity contribution in [3.8, 4) is 22.9 Å². The number of hydrogen-bond donors (Lipinski definition) is 1. The molecule has 0 aliphatic carbocycles. The Labute approximate surface area is 98.1 Å². The van der Waals surface area contributed by atoms with Crippen molar-refractivity contribution in [1.29, 1.82) is 0 Å². The van der Waals surface area contributed by atoms with Crippen LogP contribution in [0.2, 0.25) is 0 Å². The number of nitrogens with zero attached hydrogens (tertiary/aromatic N) is 4. The molecule has 0 saturated heterocycles. The molecular weight excluding hydrogens is 222 g/mol. The number of rotatable bonds is 3. The lowest BCUT2D eigenvalue weighted by atomic mass is 10.1. The molecule has 17 heavy (non-hydrogen) atoms. The van der Waals surface area contributed by atoms with Crippen LogP contribution in [-0.4, -0.2) is 34.4 Å². The number of aryl methyl sites for hydroxylation is 1. The van der Waals surface area contributed by atoms with Crippen molar-refractivity contribution in [3.05, 3.63) is 12.1 Å². The SMILES string of the molecule is COc1cc(N)c(-c2nnnn2C)cc1OC. The second-order valence-corrected chi connectivity index (χ2v) is 3.42. The molecule has 90 valence electrons. The van der Waals surface area contributed by atoms with Crippen LogP contribution in [0.1, 0.15) is 0 Å². The Morgan fingerprint density at radius 2 is 1.82 bits per heavy atom. The molecule has 0 aliphatic heterocycles. The lowest BCUT2D eigenvalue weighted by molar-refractivity contribution is 0.355. The number of anilines is 1. The Morgan fingerprint density at radius 1 is 1.18 bits per heavy atom. The van der Waals surface area contributed by atoms with Crippen molar-refractivity contribution in [1.82, 2.24) is 20.2 Å². The molecule has 2 N–H and O–H groups in total. The van der Waals surface area contributed by atoms with Crippen molar-refractivity contribution in [2.75, 3.05) is 20.0 Å². The highest BCUT2D eigenvalue weighted by Crippen LogP contribution is 2.35. The van der Waals surface area contributed by atoms with Crippen molar-refractivity contribution >= 4 is 5.69 Å². The highest BCUT2D eigenvalue weighted by Gasteiger charge is 2.14. The normalized spacial score (nSPS) is 10.3. The molecule has 1 heterocycles. The molecule has 0 unspecified atom stereocenters. The van der Waals surface area contributed by atoms with Crippen LogP contribution in [0.15, 0.2) is 12.1 Å². The van der Waals surface area contributed by atoms with Gasteiger partial charge in [0.15, 0.2) is 17.3 Å². The Morgan fingerprint density at radius 3 is 2.35 bits per heavy atom. The van der Waals surface area contributed by atoms with Gasteiger partial charge in [-0.05, 0) is 16.5 Å². The molecule has 2 aromatic rings. The van der Waals surface area contributed by atoms with Gasteiger partial charge in [0.25, 0.3) is 0 Å². The van der Waals surface area contributed by atoms with E-state index >= 15 is 0 Å². The number of benzene rings is 1. The maximum Gasteiger partial charge on any atom is 0.183 e. The Hall–Kier alpha value is -2.31. The summed E-state index contributed by atoms with van der Waals surface area (Å²) in [7, 11) is 4.86. The van der Waals surface area contributed by atoms with Crippen LogP contribution in [0, 0.1) is 0 Å². The Kier molecular flexibility index (Phi) is 2.82. The van der Waals surface area contributed by atoms with Gasteiger partial charge >= 0.3 is 0 Å². The number of hydrogen-bond acceptors (Lipinski definition) is 6.